The maximum Gasteiger partial charge on any atom is 0.124 e. The zero-order valence-corrected chi connectivity index (χ0v) is 14.8. The lowest BCUT2D eigenvalue weighted by atomic mass is 10.1. The van der Waals surface area contributed by atoms with Gasteiger partial charge in [-0.25, -0.2) is 0 Å². The summed E-state index contributed by atoms with van der Waals surface area (Å²) in [5.74, 6) is 0.406. The minimum Gasteiger partial charge on any atom is -0.507 e. The molecule has 0 saturated carbocycles. The van der Waals surface area contributed by atoms with Gasteiger partial charge in [0.05, 0.1) is 13.1 Å². The average molecular weight is 348 g/mol. The highest BCUT2D eigenvalue weighted by Crippen LogP contribution is 2.18. The molecule has 0 bridgehead atoms. The molecular formula is C22H24N2O2. The summed E-state index contributed by atoms with van der Waals surface area (Å²) in [6.07, 6.45) is 8.45. The number of aliphatic imine (C=N–C) groups is 2. The summed E-state index contributed by atoms with van der Waals surface area (Å²) in [4.78, 5) is 8.61. The Hall–Kier alpha value is -3.14. The number of rotatable bonds is 9. The van der Waals surface area contributed by atoms with Gasteiger partial charge in [-0.15, -0.1) is 13.2 Å². The third kappa shape index (κ3) is 5.74. The number of hydrogen-bond donors (Lipinski definition) is 2. The van der Waals surface area contributed by atoms with E-state index in [-0.39, 0.29) is 11.5 Å². The van der Waals surface area contributed by atoms with Crippen molar-refractivity contribution >= 4 is 12.4 Å². The van der Waals surface area contributed by atoms with Crippen molar-refractivity contribution in [2.45, 2.75) is 12.8 Å². The van der Waals surface area contributed by atoms with Gasteiger partial charge >= 0.3 is 0 Å². The molecule has 134 valence electrons. The topological polar surface area (TPSA) is 65.2 Å². The Morgan fingerprint density at radius 1 is 0.731 bits per heavy atom. The molecule has 2 aromatic carbocycles. The van der Waals surface area contributed by atoms with Crippen LogP contribution < -0.4 is 0 Å². The van der Waals surface area contributed by atoms with Gasteiger partial charge in [-0.2, -0.15) is 0 Å². The molecule has 0 saturated heterocycles. The minimum absolute atomic E-state index is 0.203. The molecule has 4 heteroatoms. The number of allylic oxidation sites excluding steroid dienone is 2. The Labute approximate surface area is 154 Å². The second-order valence-electron chi connectivity index (χ2n) is 5.84. The number of aromatic hydroxyl groups is 2. The SMILES string of the molecule is C=CCc1ccc(O)c(C=NCCN=Cc2cc(CC=C)ccc2O)c1. The van der Waals surface area contributed by atoms with Gasteiger partial charge in [-0.1, -0.05) is 24.3 Å². The summed E-state index contributed by atoms with van der Waals surface area (Å²) in [7, 11) is 0. The van der Waals surface area contributed by atoms with Gasteiger partial charge in [0.15, 0.2) is 0 Å². The molecule has 2 rings (SSSR count). The molecule has 0 fully saturated rings. The fourth-order valence-corrected chi connectivity index (χ4v) is 2.44. The Balaban J connectivity index is 1.92. The van der Waals surface area contributed by atoms with Crippen LogP contribution >= 0.6 is 0 Å². The molecule has 0 unspecified atom stereocenters. The van der Waals surface area contributed by atoms with E-state index in [0.717, 1.165) is 24.0 Å². The van der Waals surface area contributed by atoms with E-state index in [4.69, 9.17) is 0 Å². The van der Waals surface area contributed by atoms with Crippen molar-refractivity contribution in [3.63, 3.8) is 0 Å². The molecule has 0 aliphatic carbocycles. The van der Waals surface area contributed by atoms with Crippen LogP contribution in [-0.4, -0.2) is 35.7 Å². The molecule has 0 aromatic heterocycles. The van der Waals surface area contributed by atoms with Gasteiger partial charge in [0.2, 0.25) is 0 Å². The Bertz CT molecular complexity index is 753. The van der Waals surface area contributed by atoms with E-state index in [2.05, 4.69) is 23.1 Å². The summed E-state index contributed by atoms with van der Waals surface area (Å²) in [6, 6.07) is 10.9. The van der Waals surface area contributed by atoms with Crippen LogP contribution in [0, 0.1) is 0 Å². The molecule has 0 spiro atoms. The first kappa shape index (κ1) is 19.2. The van der Waals surface area contributed by atoms with Gasteiger partial charge in [0.25, 0.3) is 0 Å². The van der Waals surface area contributed by atoms with Crippen LogP contribution in [0.1, 0.15) is 22.3 Å². The van der Waals surface area contributed by atoms with Crippen molar-refractivity contribution < 1.29 is 10.2 Å². The fourth-order valence-electron chi connectivity index (χ4n) is 2.44. The molecular weight excluding hydrogens is 324 g/mol. The van der Waals surface area contributed by atoms with E-state index in [0.29, 0.717) is 24.2 Å². The summed E-state index contributed by atoms with van der Waals surface area (Å²) in [6.45, 7) is 8.42. The summed E-state index contributed by atoms with van der Waals surface area (Å²) in [5.41, 5.74) is 3.52. The first-order valence-corrected chi connectivity index (χ1v) is 8.49. The summed E-state index contributed by atoms with van der Waals surface area (Å²) in [5, 5.41) is 19.7. The second kappa shape index (κ2) is 9.99. The van der Waals surface area contributed by atoms with Crippen molar-refractivity contribution in [1.29, 1.82) is 0 Å². The first-order chi connectivity index (χ1) is 12.6. The Morgan fingerprint density at radius 3 is 1.54 bits per heavy atom. The largest absolute Gasteiger partial charge is 0.507 e. The van der Waals surface area contributed by atoms with Crippen LogP contribution in [0.25, 0.3) is 0 Å². The second-order valence-corrected chi connectivity index (χ2v) is 5.84. The standard InChI is InChI=1S/C22H24N2O2/c1-3-5-17-7-9-21(25)19(13-17)15-23-11-12-24-16-20-14-18(6-4-2)8-10-22(20)26/h3-4,7-10,13-16,25-26H,1-2,5-6,11-12H2. The monoisotopic (exact) mass is 348 g/mol. The molecule has 0 atom stereocenters. The van der Waals surface area contributed by atoms with E-state index in [9.17, 15) is 10.2 Å². The molecule has 0 aliphatic heterocycles. The highest BCUT2D eigenvalue weighted by atomic mass is 16.3. The number of phenols is 2. The smallest absolute Gasteiger partial charge is 0.124 e. The van der Waals surface area contributed by atoms with Crippen molar-refractivity contribution in [2.24, 2.45) is 9.98 Å². The molecule has 0 aliphatic rings. The molecule has 4 nitrogen and oxygen atoms in total. The van der Waals surface area contributed by atoms with E-state index < -0.39 is 0 Å². The number of phenolic OH excluding ortho intramolecular Hbond substituents is 2. The predicted octanol–water partition coefficient (Wildman–Crippen LogP) is 4.09. The van der Waals surface area contributed by atoms with Gasteiger partial charge in [0, 0.05) is 23.6 Å². The number of hydrogen-bond acceptors (Lipinski definition) is 4. The molecule has 0 amide bonds. The minimum atomic E-state index is 0.203. The number of nitrogens with zero attached hydrogens (tertiary/aromatic N) is 2. The lowest BCUT2D eigenvalue weighted by Crippen LogP contribution is -1.93. The van der Waals surface area contributed by atoms with Gasteiger partial charge in [0.1, 0.15) is 11.5 Å². The van der Waals surface area contributed by atoms with Crippen molar-refractivity contribution in [3.05, 3.63) is 84.0 Å². The first-order valence-electron chi connectivity index (χ1n) is 8.49. The number of benzene rings is 2. The van der Waals surface area contributed by atoms with Crippen LogP contribution in [0.5, 0.6) is 11.5 Å². The third-order valence-corrected chi connectivity index (χ3v) is 3.76. The lowest BCUT2D eigenvalue weighted by molar-refractivity contribution is 0.473. The molecule has 2 N–H and O–H groups in total. The summed E-state index contributed by atoms with van der Waals surface area (Å²) >= 11 is 0. The Kier molecular flexibility index (Phi) is 7.37. The van der Waals surface area contributed by atoms with Crippen LogP contribution in [0.3, 0.4) is 0 Å². The van der Waals surface area contributed by atoms with E-state index >= 15 is 0 Å². The van der Waals surface area contributed by atoms with Gasteiger partial charge in [-0.3, -0.25) is 9.98 Å². The van der Waals surface area contributed by atoms with Crippen LogP contribution in [0.2, 0.25) is 0 Å². The molecule has 0 radical (unpaired) electrons. The maximum absolute atomic E-state index is 9.87. The average Bonchev–Trinajstić information content (AvgIpc) is 2.63. The normalized spacial score (nSPS) is 11.2. The molecule has 26 heavy (non-hydrogen) atoms. The third-order valence-electron chi connectivity index (χ3n) is 3.76. The van der Waals surface area contributed by atoms with Crippen molar-refractivity contribution in [1.82, 2.24) is 0 Å². The van der Waals surface area contributed by atoms with E-state index in [1.54, 1.807) is 24.6 Å². The summed E-state index contributed by atoms with van der Waals surface area (Å²) < 4.78 is 0. The zero-order chi connectivity index (χ0) is 18.8. The van der Waals surface area contributed by atoms with Gasteiger partial charge in [-0.05, 0) is 48.2 Å². The maximum atomic E-state index is 9.87. The van der Waals surface area contributed by atoms with Crippen molar-refractivity contribution in [2.75, 3.05) is 13.1 Å². The van der Waals surface area contributed by atoms with Gasteiger partial charge < -0.3 is 10.2 Å². The van der Waals surface area contributed by atoms with E-state index in [1.807, 2.05) is 36.4 Å². The zero-order valence-electron chi connectivity index (χ0n) is 14.8. The highest BCUT2D eigenvalue weighted by molar-refractivity contribution is 5.84. The van der Waals surface area contributed by atoms with E-state index in [1.165, 1.54) is 0 Å². The molecule has 2 aromatic rings. The highest BCUT2D eigenvalue weighted by Gasteiger charge is 2.00. The van der Waals surface area contributed by atoms with Crippen molar-refractivity contribution in [3.8, 4) is 11.5 Å². The molecule has 0 heterocycles. The van der Waals surface area contributed by atoms with Crippen LogP contribution in [-0.2, 0) is 12.8 Å². The quantitative estimate of drug-likeness (QED) is 0.407. The lowest BCUT2D eigenvalue weighted by Gasteiger charge is -2.02. The fraction of sp³-hybridized carbons (Fsp3) is 0.182. The Morgan fingerprint density at radius 2 is 1.15 bits per heavy atom. The van der Waals surface area contributed by atoms with Crippen LogP contribution in [0.4, 0.5) is 0 Å². The predicted molar refractivity (Wildman–Crippen MR) is 109 cm³/mol. The van der Waals surface area contributed by atoms with Crippen LogP contribution in [0.15, 0.2) is 71.7 Å².